The molecule has 2 aromatic rings. The summed E-state index contributed by atoms with van der Waals surface area (Å²) in [5, 5.41) is 7.41. The van der Waals surface area contributed by atoms with Gasteiger partial charge in [-0.3, -0.25) is 14.3 Å². The molecule has 0 saturated carbocycles. The first-order chi connectivity index (χ1) is 16.7. The fraction of sp³-hybridized carbons (Fsp3) is 0.714. The molecule has 0 unspecified atom stereocenters. The maximum atomic E-state index is 13.4. The molecule has 1 aliphatic heterocycles. The first kappa shape index (κ1) is 27.2. The zero-order valence-corrected chi connectivity index (χ0v) is 21.7. The van der Waals surface area contributed by atoms with Crippen LogP contribution in [0.2, 0.25) is 0 Å². The summed E-state index contributed by atoms with van der Waals surface area (Å²) in [4.78, 5) is 8.33. The Kier molecular flexibility index (Phi) is 9.35. The highest BCUT2D eigenvalue weighted by atomic mass is 32.2. The molecule has 1 aliphatic rings. The van der Waals surface area contributed by atoms with E-state index in [0.29, 0.717) is 17.4 Å². The molecule has 13 nitrogen and oxygen atoms in total. The normalized spacial score (nSPS) is 20.2. The van der Waals surface area contributed by atoms with Crippen LogP contribution in [0.25, 0.3) is 0 Å². The van der Waals surface area contributed by atoms with Crippen LogP contribution >= 0.6 is 0 Å². The highest BCUT2D eigenvalue weighted by Crippen LogP contribution is 2.35. The first-order valence-corrected chi connectivity index (χ1v) is 12.8. The Morgan fingerprint density at radius 2 is 1.83 bits per heavy atom. The molecule has 1 N–H and O–H groups in total. The van der Waals surface area contributed by atoms with Gasteiger partial charge in [0.15, 0.2) is 5.82 Å². The van der Waals surface area contributed by atoms with Crippen molar-refractivity contribution < 1.29 is 32.1 Å². The van der Waals surface area contributed by atoms with Crippen LogP contribution in [0.3, 0.4) is 0 Å². The number of anilines is 1. The van der Waals surface area contributed by atoms with E-state index in [1.54, 1.807) is 18.8 Å². The van der Waals surface area contributed by atoms with Crippen molar-refractivity contribution in [1.29, 1.82) is 0 Å². The molecule has 0 bridgehead atoms. The molecule has 0 radical (unpaired) electrons. The smallest absolute Gasteiger partial charge is 0.240 e. The third-order valence-electron chi connectivity index (χ3n) is 5.88. The van der Waals surface area contributed by atoms with Gasteiger partial charge in [0.1, 0.15) is 17.5 Å². The van der Waals surface area contributed by atoms with Crippen molar-refractivity contribution in [2.24, 2.45) is 0 Å². The van der Waals surface area contributed by atoms with Crippen LogP contribution in [0.1, 0.15) is 56.5 Å². The van der Waals surface area contributed by atoms with Crippen molar-refractivity contribution in [3.63, 3.8) is 0 Å². The molecule has 0 aromatic carbocycles. The van der Waals surface area contributed by atoms with Crippen molar-refractivity contribution in [1.82, 2.24) is 24.7 Å². The van der Waals surface area contributed by atoms with Crippen molar-refractivity contribution in [2.75, 3.05) is 46.4 Å². The van der Waals surface area contributed by atoms with Gasteiger partial charge < -0.3 is 23.7 Å². The standard InChI is InChI=1S/C21H34N6O7S/c1-13-7-8-17(34-13)20-24-25-21(27(20)15(11-30-3)12-31-4)26-35(28,29)14(2)19(33-6)16-9-23-18(32-5)10-22-16/h9-10,13-15,17,19H,7-8,11-12H2,1-6H3,(H,25,26)/t13-,14-,17-,19-/m0/s1. The van der Waals surface area contributed by atoms with Crippen molar-refractivity contribution in [3.05, 3.63) is 23.9 Å². The van der Waals surface area contributed by atoms with E-state index in [9.17, 15) is 8.42 Å². The molecular formula is C21H34N6O7S. The van der Waals surface area contributed by atoms with Gasteiger partial charge in [-0.05, 0) is 26.7 Å². The predicted molar refractivity (Wildman–Crippen MR) is 126 cm³/mol. The minimum atomic E-state index is -4.02. The summed E-state index contributed by atoms with van der Waals surface area (Å²) in [6, 6.07) is -0.381. The highest BCUT2D eigenvalue weighted by Gasteiger charge is 2.36. The molecule has 1 fully saturated rings. The molecule has 1 saturated heterocycles. The van der Waals surface area contributed by atoms with Crippen LogP contribution in [0.4, 0.5) is 5.95 Å². The van der Waals surface area contributed by atoms with E-state index in [0.717, 1.165) is 12.8 Å². The van der Waals surface area contributed by atoms with Gasteiger partial charge in [-0.15, -0.1) is 10.2 Å². The summed E-state index contributed by atoms with van der Waals surface area (Å²) < 4.78 is 58.4. The van der Waals surface area contributed by atoms with E-state index < -0.39 is 21.4 Å². The van der Waals surface area contributed by atoms with Gasteiger partial charge in [0.25, 0.3) is 0 Å². The van der Waals surface area contributed by atoms with Crippen LogP contribution in [0.5, 0.6) is 5.88 Å². The van der Waals surface area contributed by atoms with Gasteiger partial charge in [0.05, 0.1) is 50.6 Å². The monoisotopic (exact) mass is 514 g/mol. The average molecular weight is 515 g/mol. The number of hydrogen-bond donors (Lipinski definition) is 1. The number of ether oxygens (including phenoxy) is 5. The SMILES string of the molecule is COCC(COC)n1c(NS(=O)(=O)[C@@H](C)[C@H](OC)c2cnc(OC)cn2)nnc1[C@@H]1CC[C@H](C)O1. The zero-order valence-electron chi connectivity index (χ0n) is 20.9. The third-order valence-corrected chi connectivity index (χ3v) is 7.57. The van der Waals surface area contributed by atoms with Gasteiger partial charge in [0, 0.05) is 21.3 Å². The predicted octanol–water partition coefficient (Wildman–Crippen LogP) is 1.67. The molecular weight excluding hydrogens is 480 g/mol. The summed E-state index contributed by atoms with van der Waals surface area (Å²) in [7, 11) is 1.99. The summed E-state index contributed by atoms with van der Waals surface area (Å²) in [6.07, 6.45) is 3.30. The van der Waals surface area contributed by atoms with Crippen LogP contribution in [0, 0.1) is 0 Å². The van der Waals surface area contributed by atoms with Gasteiger partial charge in [0.2, 0.25) is 21.9 Å². The average Bonchev–Trinajstić information content (AvgIpc) is 3.45. The van der Waals surface area contributed by atoms with E-state index in [2.05, 4.69) is 24.9 Å². The molecule has 0 amide bonds. The number of nitrogens with one attached hydrogen (secondary N) is 1. The van der Waals surface area contributed by atoms with Crippen LogP contribution in [-0.2, 0) is 29.0 Å². The van der Waals surface area contributed by atoms with E-state index in [1.165, 1.54) is 33.5 Å². The van der Waals surface area contributed by atoms with E-state index in [1.807, 2.05) is 6.92 Å². The molecule has 4 atom stereocenters. The minimum absolute atomic E-state index is 0.0461. The number of methoxy groups -OCH3 is 4. The Morgan fingerprint density at radius 1 is 1.11 bits per heavy atom. The number of nitrogens with zero attached hydrogens (tertiary/aromatic N) is 5. The topological polar surface area (TPSA) is 149 Å². The van der Waals surface area contributed by atoms with E-state index in [-0.39, 0.29) is 37.4 Å². The number of aromatic nitrogens is 5. The highest BCUT2D eigenvalue weighted by molar-refractivity contribution is 7.93. The molecule has 2 aromatic heterocycles. The van der Waals surface area contributed by atoms with Gasteiger partial charge in [-0.25, -0.2) is 13.4 Å². The second-order valence-electron chi connectivity index (χ2n) is 8.32. The largest absolute Gasteiger partial charge is 0.480 e. The van der Waals surface area contributed by atoms with Crippen LogP contribution in [0.15, 0.2) is 12.4 Å². The molecule has 0 spiro atoms. The Morgan fingerprint density at radius 3 is 2.34 bits per heavy atom. The second-order valence-corrected chi connectivity index (χ2v) is 10.4. The lowest BCUT2D eigenvalue weighted by Gasteiger charge is -2.25. The Bertz CT molecular complexity index is 1040. The van der Waals surface area contributed by atoms with Crippen molar-refractivity contribution in [3.8, 4) is 5.88 Å². The quantitative estimate of drug-likeness (QED) is 0.416. The van der Waals surface area contributed by atoms with Crippen molar-refractivity contribution in [2.45, 2.75) is 56.3 Å². The second kappa shape index (κ2) is 12.0. The lowest BCUT2D eigenvalue weighted by Crippen LogP contribution is -2.34. The van der Waals surface area contributed by atoms with Gasteiger partial charge in [-0.2, -0.15) is 0 Å². The Labute approximate surface area is 205 Å². The van der Waals surface area contributed by atoms with Gasteiger partial charge >= 0.3 is 0 Å². The number of hydrogen-bond acceptors (Lipinski definition) is 11. The Balaban J connectivity index is 1.93. The summed E-state index contributed by atoms with van der Waals surface area (Å²) >= 11 is 0. The molecule has 14 heteroatoms. The zero-order chi connectivity index (χ0) is 25.6. The van der Waals surface area contributed by atoms with Gasteiger partial charge in [-0.1, -0.05) is 0 Å². The van der Waals surface area contributed by atoms with E-state index in [4.69, 9.17) is 23.7 Å². The summed E-state index contributed by atoms with van der Waals surface area (Å²) in [5.41, 5.74) is 0.346. The number of sulfonamides is 1. The van der Waals surface area contributed by atoms with Crippen molar-refractivity contribution >= 4 is 16.0 Å². The fourth-order valence-electron chi connectivity index (χ4n) is 4.04. The molecule has 3 rings (SSSR count). The fourth-order valence-corrected chi connectivity index (χ4v) is 5.20. The van der Waals surface area contributed by atoms with Crippen LogP contribution < -0.4 is 9.46 Å². The molecule has 3 heterocycles. The molecule has 196 valence electrons. The van der Waals surface area contributed by atoms with E-state index >= 15 is 0 Å². The maximum Gasteiger partial charge on any atom is 0.240 e. The lowest BCUT2D eigenvalue weighted by molar-refractivity contribution is 0.0406. The third kappa shape index (κ3) is 6.25. The maximum absolute atomic E-state index is 13.4. The lowest BCUT2D eigenvalue weighted by atomic mass is 10.2. The Hall–Kier alpha value is -2.39. The summed E-state index contributed by atoms with van der Waals surface area (Å²) in [6.45, 7) is 4.02. The molecule has 0 aliphatic carbocycles. The summed E-state index contributed by atoms with van der Waals surface area (Å²) in [5.74, 6) is 0.872. The minimum Gasteiger partial charge on any atom is -0.480 e. The van der Waals surface area contributed by atoms with Crippen LogP contribution in [-0.4, -0.2) is 86.2 Å². The molecule has 35 heavy (non-hydrogen) atoms. The number of rotatable bonds is 13. The first-order valence-electron chi connectivity index (χ1n) is 11.2.